The second-order valence-electron chi connectivity index (χ2n) is 4.39. The van der Waals surface area contributed by atoms with Crippen LogP contribution in [0.5, 0.6) is 11.5 Å². The number of halogens is 1. The largest absolute Gasteiger partial charge is 0.493 e. The number of hydrogen-bond donors (Lipinski definition) is 2. The van der Waals surface area contributed by atoms with Crippen LogP contribution in [0.25, 0.3) is 0 Å². The fraction of sp³-hybridized carbons (Fsp3) is 0.500. The summed E-state index contributed by atoms with van der Waals surface area (Å²) in [5.41, 5.74) is 7.75. The van der Waals surface area contributed by atoms with Gasteiger partial charge in [-0.3, -0.25) is 4.79 Å². The van der Waals surface area contributed by atoms with Crippen LogP contribution in [0.2, 0.25) is 5.02 Å². The van der Waals surface area contributed by atoms with E-state index in [1.807, 2.05) is 6.92 Å². The molecular formula is C14H20ClNO4. The number of benzene rings is 1. The minimum atomic E-state index is -0.870. The minimum Gasteiger partial charge on any atom is -0.493 e. The zero-order valence-electron chi connectivity index (χ0n) is 11.9. The predicted molar refractivity (Wildman–Crippen MR) is 77.7 cm³/mol. The van der Waals surface area contributed by atoms with Gasteiger partial charge in [0.1, 0.15) is 0 Å². The van der Waals surface area contributed by atoms with Crippen molar-refractivity contribution in [1.29, 1.82) is 0 Å². The maximum absolute atomic E-state index is 10.7. The molecule has 0 radical (unpaired) electrons. The lowest BCUT2D eigenvalue weighted by Gasteiger charge is -2.20. The Kier molecular flexibility index (Phi) is 6.10. The maximum Gasteiger partial charge on any atom is 0.303 e. The quantitative estimate of drug-likeness (QED) is 0.809. The van der Waals surface area contributed by atoms with Crippen molar-refractivity contribution in [2.24, 2.45) is 5.73 Å². The van der Waals surface area contributed by atoms with Crippen LogP contribution in [-0.4, -0.2) is 25.3 Å². The molecule has 0 saturated carbocycles. The molecule has 20 heavy (non-hydrogen) atoms. The fourth-order valence-electron chi connectivity index (χ4n) is 2.13. The van der Waals surface area contributed by atoms with Crippen LogP contribution in [0.4, 0.5) is 0 Å². The van der Waals surface area contributed by atoms with E-state index in [0.29, 0.717) is 29.4 Å². The molecule has 1 aromatic carbocycles. The Labute approximate surface area is 123 Å². The summed E-state index contributed by atoms with van der Waals surface area (Å²) >= 11 is 6.33. The lowest BCUT2D eigenvalue weighted by molar-refractivity contribution is -0.137. The normalized spacial score (nSPS) is 12.1. The van der Waals surface area contributed by atoms with E-state index in [2.05, 4.69) is 0 Å². The summed E-state index contributed by atoms with van der Waals surface area (Å²) in [7, 11) is 3.04. The molecule has 1 rings (SSSR count). The zero-order valence-corrected chi connectivity index (χ0v) is 12.7. The summed E-state index contributed by atoms with van der Waals surface area (Å²) in [6.07, 6.45) is 1.03. The molecule has 0 saturated heterocycles. The molecule has 0 aliphatic heterocycles. The molecule has 0 aliphatic rings. The molecule has 5 nitrogen and oxygen atoms in total. The van der Waals surface area contributed by atoms with E-state index in [1.54, 1.807) is 6.07 Å². The maximum atomic E-state index is 10.7. The molecule has 1 unspecified atom stereocenters. The van der Waals surface area contributed by atoms with Crippen molar-refractivity contribution < 1.29 is 19.4 Å². The molecule has 0 aliphatic carbocycles. The van der Waals surface area contributed by atoms with Crippen LogP contribution in [0, 0.1) is 0 Å². The first kappa shape index (κ1) is 16.6. The molecule has 0 spiro atoms. The molecule has 6 heteroatoms. The SMILES string of the molecule is CCc1c(C(N)CCC(=O)O)cc(OC)c(OC)c1Cl. The highest BCUT2D eigenvalue weighted by molar-refractivity contribution is 6.33. The van der Waals surface area contributed by atoms with Gasteiger partial charge in [-0.1, -0.05) is 18.5 Å². The number of carboxylic acid groups (broad SMARTS) is 1. The number of methoxy groups -OCH3 is 2. The third-order valence-electron chi connectivity index (χ3n) is 3.17. The molecule has 1 aromatic rings. The van der Waals surface area contributed by atoms with Crippen molar-refractivity contribution in [3.8, 4) is 11.5 Å². The summed E-state index contributed by atoms with van der Waals surface area (Å²) in [5, 5.41) is 9.21. The van der Waals surface area contributed by atoms with Gasteiger partial charge in [-0.15, -0.1) is 0 Å². The van der Waals surface area contributed by atoms with Crippen molar-refractivity contribution in [2.45, 2.75) is 32.2 Å². The summed E-state index contributed by atoms with van der Waals surface area (Å²) in [5.74, 6) is 0.0979. The number of carbonyl (C=O) groups is 1. The summed E-state index contributed by atoms with van der Waals surface area (Å²) in [6.45, 7) is 1.96. The highest BCUT2D eigenvalue weighted by atomic mass is 35.5. The number of hydrogen-bond acceptors (Lipinski definition) is 4. The van der Waals surface area contributed by atoms with Gasteiger partial charge in [0.05, 0.1) is 19.2 Å². The Bertz CT molecular complexity index is 491. The Balaban J connectivity index is 3.23. The van der Waals surface area contributed by atoms with E-state index in [1.165, 1.54) is 14.2 Å². The second kappa shape index (κ2) is 7.36. The predicted octanol–water partition coefficient (Wildman–Crippen LogP) is 2.78. The number of aliphatic carboxylic acids is 1. The van der Waals surface area contributed by atoms with Crippen molar-refractivity contribution in [1.82, 2.24) is 0 Å². The topological polar surface area (TPSA) is 81.8 Å². The van der Waals surface area contributed by atoms with Crippen molar-refractivity contribution >= 4 is 17.6 Å². The Morgan fingerprint density at radius 3 is 2.55 bits per heavy atom. The zero-order chi connectivity index (χ0) is 15.3. The minimum absolute atomic E-state index is 0.0102. The van der Waals surface area contributed by atoms with Crippen LogP contribution in [0.3, 0.4) is 0 Å². The van der Waals surface area contributed by atoms with Gasteiger partial charge >= 0.3 is 5.97 Å². The molecule has 1 atom stereocenters. The van der Waals surface area contributed by atoms with E-state index in [9.17, 15) is 4.79 Å². The van der Waals surface area contributed by atoms with Gasteiger partial charge in [-0.25, -0.2) is 0 Å². The van der Waals surface area contributed by atoms with E-state index >= 15 is 0 Å². The Morgan fingerprint density at radius 1 is 1.45 bits per heavy atom. The lowest BCUT2D eigenvalue weighted by Crippen LogP contribution is -2.15. The van der Waals surface area contributed by atoms with Gasteiger partial charge in [0.15, 0.2) is 11.5 Å². The highest BCUT2D eigenvalue weighted by Crippen LogP contribution is 2.41. The standard InChI is InChI=1S/C14H20ClNO4/c1-4-8-9(10(16)5-6-12(17)18)7-11(19-2)14(20-3)13(8)15/h7,10H,4-6,16H2,1-3H3,(H,17,18). The molecule has 3 N–H and O–H groups in total. The van der Waals surface area contributed by atoms with Crippen LogP contribution < -0.4 is 15.2 Å². The molecule has 112 valence electrons. The van der Waals surface area contributed by atoms with Gasteiger partial charge in [-0.05, 0) is 30.0 Å². The average Bonchev–Trinajstić information content (AvgIpc) is 2.43. The van der Waals surface area contributed by atoms with Crippen LogP contribution >= 0.6 is 11.6 Å². The smallest absolute Gasteiger partial charge is 0.303 e. The molecule has 0 heterocycles. The second-order valence-corrected chi connectivity index (χ2v) is 4.76. The number of carboxylic acids is 1. The van der Waals surface area contributed by atoms with E-state index in [4.69, 9.17) is 31.9 Å². The Hall–Kier alpha value is -1.46. The van der Waals surface area contributed by atoms with Crippen LogP contribution in [-0.2, 0) is 11.2 Å². The molecule has 0 bridgehead atoms. The first-order valence-corrected chi connectivity index (χ1v) is 6.74. The van der Waals surface area contributed by atoms with E-state index in [0.717, 1.165) is 11.1 Å². The summed E-state index contributed by atoms with van der Waals surface area (Å²) < 4.78 is 10.5. The third-order valence-corrected chi connectivity index (χ3v) is 3.57. The van der Waals surface area contributed by atoms with Crippen molar-refractivity contribution in [3.63, 3.8) is 0 Å². The highest BCUT2D eigenvalue weighted by Gasteiger charge is 2.21. The van der Waals surface area contributed by atoms with Crippen LogP contribution in [0.1, 0.15) is 36.9 Å². The first-order chi connectivity index (χ1) is 9.46. The van der Waals surface area contributed by atoms with E-state index < -0.39 is 12.0 Å². The van der Waals surface area contributed by atoms with Gasteiger partial charge in [0.2, 0.25) is 0 Å². The van der Waals surface area contributed by atoms with Gasteiger partial charge in [0, 0.05) is 12.5 Å². The first-order valence-electron chi connectivity index (χ1n) is 6.36. The third kappa shape index (κ3) is 3.55. The van der Waals surface area contributed by atoms with E-state index in [-0.39, 0.29) is 6.42 Å². The summed E-state index contributed by atoms with van der Waals surface area (Å²) in [6, 6.07) is 1.37. The van der Waals surface area contributed by atoms with Gasteiger partial charge in [-0.2, -0.15) is 0 Å². The number of nitrogens with two attached hydrogens (primary N) is 1. The molecule has 0 amide bonds. The van der Waals surface area contributed by atoms with Crippen LogP contribution in [0.15, 0.2) is 6.07 Å². The number of rotatable bonds is 7. The van der Waals surface area contributed by atoms with Gasteiger partial charge in [0.25, 0.3) is 0 Å². The average molecular weight is 302 g/mol. The monoisotopic (exact) mass is 301 g/mol. The molecule has 0 aromatic heterocycles. The fourth-order valence-corrected chi connectivity index (χ4v) is 2.55. The Morgan fingerprint density at radius 2 is 2.10 bits per heavy atom. The lowest BCUT2D eigenvalue weighted by atomic mass is 9.95. The van der Waals surface area contributed by atoms with Gasteiger partial charge < -0.3 is 20.3 Å². The molecule has 0 fully saturated rings. The van der Waals surface area contributed by atoms with Crippen molar-refractivity contribution in [3.05, 3.63) is 22.2 Å². The molecular weight excluding hydrogens is 282 g/mol. The summed E-state index contributed by atoms with van der Waals surface area (Å²) in [4.78, 5) is 10.7. The number of ether oxygens (including phenoxy) is 2. The van der Waals surface area contributed by atoms with Crippen molar-refractivity contribution in [2.75, 3.05) is 14.2 Å².